The van der Waals surface area contributed by atoms with Gasteiger partial charge in [-0.25, -0.2) is 9.78 Å². The summed E-state index contributed by atoms with van der Waals surface area (Å²) in [4.78, 5) is 30.8. The van der Waals surface area contributed by atoms with E-state index in [2.05, 4.69) is 25.8 Å². The van der Waals surface area contributed by atoms with Crippen molar-refractivity contribution >= 4 is 23.2 Å². The fourth-order valence-electron chi connectivity index (χ4n) is 3.10. The normalized spacial score (nSPS) is 16.0. The first-order valence-electron chi connectivity index (χ1n) is 8.62. The molecule has 0 bridgehead atoms. The van der Waals surface area contributed by atoms with E-state index in [4.69, 9.17) is 4.74 Å². The van der Waals surface area contributed by atoms with Crippen LogP contribution in [0.5, 0.6) is 0 Å². The molecule has 0 aromatic carbocycles. The van der Waals surface area contributed by atoms with Crippen LogP contribution >= 0.6 is 11.3 Å². The molecule has 0 spiro atoms. The average molecular weight is 353 g/mol. The minimum Gasteiger partial charge on any atom is -0.464 e. The zero-order valence-electron chi connectivity index (χ0n) is 15.1. The van der Waals surface area contributed by atoms with Crippen LogP contribution in [0.4, 0.5) is 0 Å². The molecule has 2 rings (SSSR count). The van der Waals surface area contributed by atoms with Crippen LogP contribution in [-0.4, -0.2) is 34.9 Å². The fraction of sp³-hybridized carbons (Fsp3) is 0.722. The molecule has 1 heterocycles. The van der Waals surface area contributed by atoms with Gasteiger partial charge < -0.3 is 9.64 Å². The Kier molecular flexibility index (Phi) is 6.38. The molecule has 134 valence electrons. The summed E-state index contributed by atoms with van der Waals surface area (Å²) in [6, 6.07) is 0.291. The van der Waals surface area contributed by atoms with Gasteiger partial charge in [0.05, 0.1) is 13.7 Å². The van der Waals surface area contributed by atoms with E-state index in [1.54, 1.807) is 5.38 Å². The number of esters is 1. The zero-order chi connectivity index (χ0) is 17.7. The van der Waals surface area contributed by atoms with Gasteiger partial charge in [-0.15, -0.1) is 11.3 Å². The number of ether oxygens (including phenoxy) is 1. The van der Waals surface area contributed by atoms with E-state index in [9.17, 15) is 9.59 Å². The summed E-state index contributed by atoms with van der Waals surface area (Å²) in [5.41, 5.74) is 0.286. The number of aromatic nitrogens is 1. The Balaban J connectivity index is 2.14. The van der Waals surface area contributed by atoms with Gasteiger partial charge in [-0.2, -0.15) is 0 Å². The lowest BCUT2D eigenvalue weighted by atomic mass is 9.89. The number of hydrogen-bond donors (Lipinski definition) is 0. The van der Waals surface area contributed by atoms with E-state index < -0.39 is 5.97 Å². The second kappa shape index (κ2) is 8.10. The molecule has 1 aromatic rings. The van der Waals surface area contributed by atoms with Crippen LogP contribution in [0.3, 0.4) is 0 Å². The maximum absolute atomic E-state index is 12.9. The standard InChI is InChI=1S/C18H28N2O3S/c1-18(2,3)10-16(21)20(13-8-6-5-7-9-13)11-15-19-14(12-24-15)17(22)23-4/h12-13H,5-11H2,1-4H3. The molecule has 0 saturated heterocycles. The summed E-state index contributed by atoms with van der Waals surface area (Å²) in [5.74, 6) is -0.244. The first-order chi connectivity index (χ1) is 11.3. The highest BCUT2D eigenvalue weighted by atomic mass is 32.1. The minimum absolute atomic E-state index is 0.0376. The Morgan fingerprint density at radius 3 is 2.54 bits per heavy atom. The molecule has 1 amide bonds. The van der Waals surface area contributed by atoms with Gasteiger partial charge >= 0.3 is 5.97 Å². The van der Waals surface area contributed by atoms with Gasteiger partial charge in [0.25, 0.3) is 0 Å². The summed E-state index contributed by atoms with van der Waals surface area (Å²) in [5, 5.41) is 2.50. The van der Waals surface area contributed by atoms with E-state index in [0.717, 1.165) is 17.8 Å². The molecule has 6 heteroatoms. The van der Waals surface area contributed by atoms with Gasteiger partial charge in [-0.3, -0.25) is 4.79 Å². The second-order valence-corrected chi connectivity index (χ2v) is 8.61. The number of nitrogens with zero attached hydrogens (tertiary/aromatic N) is 2. The first-order valence-corrected chi connectivity index (χ1v) is 9.50. The number of methoxy groups -OCH3 is 1. The van der Waals surface area contributed by atoms with Crippen LogP contribution in [0, 0.1) is 5.41 Å². The van der Waals surface area contributed by atoms with Crippen LogP contribution < -0.4 is 0 Å². The van der Waals surface area contributed by atoms with Crippen molar-refractivity contribution in [3.8, 4) is 0 Å². The molecule has 0 aliphatic heterocycles. The van der Waals surface area contributed by atoms with Crippen molar-refractivity contribution in [2.75, 3.05) is 7.11 Å². The maximum atomic E-state index is 12.9. The van der Waals surface area contributed by atoms with Crippen LogP contribution in [0.2, 0.25) is 0 Å². The number of hydrogen-bond acceptors (Lipinski definition) is 5. The van der Waals surface area contributed by atoms with Crippen molar-refractivity contribution in [3.63, 3.8) is 0 Å². The Morgan fingerprint density at radius 2 is 1.96 bits per heavy atom. The monoisotopic (exact) mass is 352 g/mol. The highest BCUT2D eigenvalue weighted by Gasteiger charge is 2.29. The lowest BCUT2D eigenvalue weighted by Crippen LogP contribution is -2.42. The molecule has 0 unspecified atom stereocenters. The third-order valence-corrected chi connectivity index (χ3v) is 5.10. The summed E-state index contributed by atoms with van der Waals surface area (Å²) < 4.78 is 4.71. The molecule has 5 nitrogen and oxygen atoms in total. The number of carbonyl (C=O) groups excluding carboxylic acids is 2. The van der Waals surface area contributed by atoms with Crippen LogP contribution in [0.15, 0.2) is 5.38 Å². The minimum atomic E-state index is -0.428. The summed E-state index contributed by atoms with van der Waals surface area (Å²) >= 11 is 1.42. The Morgan fingerprint density at radius 1 is 1.29 bits per heavy atom. The van der Waals surface area contributed by atoms with Crippen molar-refractivity contribution < 1.29 is 14.3 Å². The zero-order valence-corrected chi connectivity index (χ0v) is 15.9. The lowest BCUT2D eigenvalue weighted by Gasteiger charge is -2.35. The number of thiazole rings is 1. The van der Waals surface area contributed by atoms with Crippen molar-refractivity contribution in [1.82, 2.24) is 9.88 Å². The molecule has 0 radical (unpaired) electrons. The third kappa shape index (κ3) is 5.30. The van der Waals surface area contributed by atoms with Crippen molar-refractivity contribution in [1.29, 1.82) is 0 Å². The topological polar surface area (TPSA) is 59.5 Å². The Hall–Kier alpha value is -1.43. The van der Waals surface area contributed by atoms with E-state index in [0.29, 0.717) is 24.7 Å². The van der Waals surface area contributed by atoms with Crippen LogP contribution in [0.1, 0.15) is 74.8 Å². The predicted octanol–water partition coefficient (Wildman–Crippen LogP) is 4.03. The Labute approximate surface area is 148 Å². The maximum Gasteiger partial charge on any atom is 0.357 e. The summed E-state index contributed by atoms with van der Waals surface area (Å²) in [6.45, 7) is 6.75. The number of carbonyl (C=O) groups is 2. The quantitative estimate of drug-likeness (QED) is 0.751. The second-order valence-electron chi connectivity index (χ2n) is 7.67. The average Bonchev–Trinajstić information content (AvgIpc) is 2.99. The predicted molar refractivity (Wildman–Crippen MR) is 94.9 cm³/mol. The molecular weight excluding hydrogens is 324 g/mol. The molecule has 1 saturated carbocycles. The number of amides is 1. The van der Waals surface area contributed by atoms with Crippen molar-refractivity contribution in [2.45, 2.75) is 71.9 Å². The molecule has 0 atom stereocenters. The summed E-state index contributed by atoms with van der Waals surface area (Å²) in [7, 11) is 1.35. The highest BCUT2D eigenvalue weighted by Crippen LogP contribution is 2.28. The van der Waals surface area contributed by atoms with Gasteiger partial charge in [0.15, 0.2) is 5.69 Å². The van der Waals surface area contributed by atoms with Crippen molar-refractivity contribution in [2.24, 2.45) is 5.41 Å². The molecular formula is C18H28N2O3S. The van der Waals surface area contributed by atoms with Gasteiger partial charge in [0.2, 0.25) is 5.91 Å². The van der Waals surface area contributed by atoms with Gasteiger partial charge in [0.1, 0.15) is 5.01 Å². The fourth-order valence-corrected chi connectivity index (χ4v) is 3.86. The Bertz CT molecular complexity index is 571. The van der Waals surface area contributed by atoms with E-state index >= 15 is 0 Å². The molecule has 24 heavy (non-hydrogen) atoms. The highest BCUT2D eigenvalue weighted by molar-refractivity contribution is 7.09. The van der Waals surface area contributed by atoms with Gasteiger partial charge in [0, 0.05) is 17.8 Å². The van der Waals surface area contributed by atoms with Gasteiger partial charge in [-0.1, -0.05) is 40.0 Å². The third-order valence-electron chi connectivity index (χ3n) is 4.27. The molecule has 1 aliphatic rings. The largest absolute Gasteiger partial charge is 0.464 e. The van der Waals surface area contributed by atoms with Crippen molar-refractivity contribution in [3.05, 3.63) is 16.1 Å². The van der Waals surface area contributed by atoms with E-state index in [1.165, 1.54) is 37.7 Å². The van der Waals surface area contributed by atoms with E-state index in [1.807, 2.05) is 4.90 Å². The first kappa shape index (κ1) is 18.9. The molecule has 1 fully saturated rings. The number of rotatable bonds is 5. The van der Waals surface area contributed by atoms with E-state index in [-0.39, 0.29) is 11.3 Å². The van der Waals surface area contributed by atoms with Crippen LogP contribution in [0.25, 0.3) is 0 Å². The smallest absolute Gasteiger partial charge is 0.357 e. The van der Waals surface area contributed by atoms with Gasteiger partial charge in [-0.05, 0) is 18.3 Å². The molecule has 1 aliphatic carbocycles. The lowest BCUT2D eigenvalue weighted by molar-refractivity contribution is -0.136. The van der Waals surface area contributed by atoms with Crippen LogP contribution in [-0.2, 0) is 16.1 Å². The summed E-state index contributed by atoms with van der Waals surface area (Å²) in [6.07, 6.45) is 6.25. The SMILES string of the molecule is COC(=O)c1csc(CN(C(=O)CC(C)(C)C)C2CCCCC2)n1. The molecule has 1 aromatic heterocycles. The molecule has 0 N–H and O–H groups in total.